The zero-order valence-electron chi connectivity index (χ0n) is 16.9. The molecule has 0 heterocycles. The van der Waals surface area contributed by atoms with Gasteiger partial charge in [0.2, 0.25) is 0 Å². The van der Waals surface area contributed by atoms with Gasteiger partial charge >= 0.3 is 177 Å². The summed E-state index contributed by atoms with van der Waals surface area (Å²) in [6.45, 7) is 2.16. The van der Waals surface area contributed by atoms with E-state index >= 15 is 0 Å². The normalized spacial score (nSPS) is 10.9. The molecule has 0 spiro atoms. The van der Waals surface area contributed by atoms with E-state index in [0.29, 0.717) is 26.4 Å². The van der Waals surface area contributed by atoms with Crippen molar-refractivity contribution in [3.8, 4) is 11.5 Å². The summed E-state index contributed by atoms with van der Waals surface area (Å²) in [4.78, 5) is 0. The van der Waals surface area contributed by atoms with Crippen LogP contribution in [0.4, 0.5) is 0 Å². The fraction of sp³-hybridized carbons (Fsp3) is 0.250. The standard InChI is InChI=1S/C24H27O4Se/c1-25-16-18-27-21-12-6-8-14-23(21)29(20-10-4-3-5-11-20)24-15-9-7-13-22(24)28-19-17-26-2/h3-15H,16-19H2,1-2H3/q+1. The van der Waals surface area contributed by atoms with Crippen LogP contribution >= 0.6 is 0 Å². The number of hydrogen-bond acceptors (Lipinski definition) is 4. The van der Waals surface area contributed by atoms with E-state index in [1.165, 1.54) is 13.4 Å². The average molecular weight is 458 g/mol. The van der Waals surface area contributed by atoms with Crippen LogP contribution in [0.15, 0.2) is 78.9 Å². The molecule has 0 saturated carbocycles. The molecule has 5 heteroatoms. The predicted octanol–water partition coefficient (Wildman–Crippen LogP) is 2.25. The number of benzene rings is 3. The number of methoxy groups -OCH3 is 2. The Morgan fingerprint density at radius 3 is 1.48 bits per heavy atom. The molecule has 3 rings (SSSR count). The molecular weight excluding hydrogens is 431 g/mol. The summed E-state index contributed by atoms with van der Waals surface area (Å²) >= 11 is -1.64. The van der Waals surface area contributed by atoms with Gasteiger partial charge in [-0.25, -0.2) is 0 Å². The van der Waals surface area contributed by atoms with Crippen LogP contribution in [0.2, 0.25) is 0 Å². The van der Waals surface area contributed by atoms with Crippen molar-refractivity contribution < 1.29 is 18.9 Å². The Labute approximate surface area is 177 Å². The first-order valence-corrected chi connectivity index (χ1v) is 12.1. The quantitative estimate of drug-likeness (QED) is 0.326. The van der Waals surface area contributed by atoms with E-state index in [2.05, 4.69) is 54.6 Å². The molecule has 3 aromatic rings. The first-order valence-electron chi connectivity index (χ1n) is 9.56. The van der Waals surface area contributed by atoms with Crippen molar-refractivity contribution in [1.29, 1.82) is 0 Å². The second-order valence-electron chi connectivity index (χ2n) is 6.20. The number of ether oxygens (including phenoxy) is 4. The second-order valence-corrected chi connectivity index (χ2v) is 10.3. The number of hydrogen-bond donors (Lipinski definition) is 0. The van der Waals surface area contributed by atoms with Crippen LogP contribution in [0.25, 0.3) is 0 Å². The predicted molar refractivity (Wildman–Crippen MR) is 119 cm³/mol. The van der Waals surface area contributed by atoms with E-state index in [1.807, 2.05) is 24.3 Å². The topological polar surface area (TPSA) is 36.9 Å². The fourth-order valence-electron chi connectivity index (χ4n) is 2.87. The third-order valence-corrected chi connectivity index (χ3v) is 9.03. The van der Waals surface area contributed by atoms with E-state index in [0.717, 1.165) is 11.5 Å². The Bertz CT molecular complexity index is 816. The zero-order chi connectivity index (χ0) is 20.3. The van der Waals surface area contributed by atoms with Crippen LogP contribution in [0.3, 0.4) is 0 Å². The molecule has 3 aromatic carbocycles. The van der Waals surface area contributed by atoms with Gasteiger partial charge in [0.15, 0.2) is 0 Å². The summed E-state index contributed by atoms with van der Waals surface area (Å²) in [6.07, 6.45) is 0. The molecule has 0 fully saturated rings. The van der Waals surface area contributed by atoms with Crippen molar-refractivity contribution in [1.82, 2.24) is 0 Å². The Balaban J connectivity index is 2.05. The first-order chi connectivity index (χ1) is 14.3. The van der Waals surface area contributed by atoms with Crippen LogP contribution in [0.1, 0.15) is 0 Å². The summed E-state index contributed by atoms with van der Waals surface area (Å²) in [5.74, 6) is 1.81. The Hall–Kier alpha value is -2.30. The van der Waals surface area contributed by atoms with Gasteiger partial charge in [0, 0.05) is 0 Å². The van der Waals surface area contributed by atoms with Crippen LogP contribution in [-0.2, 0) is 9.47 Å². The van der Waals surface area contributed by atoms with Gasteiger partial charge in [0.1, 0.15) is 0 Å². The number of para-hydroxylation sites is 2. The Kier molecular flexibility index (Phi) is 8.59. The van der Waals surface area contributed by atoms with Gasteiger partial charge in [0.25, 0.3) is 0 Å². The van der Waals surface area contributed by atoms with E-state index in [-0.39, 0.29) is 0 Å². The monoisotopic (exact) mass is 459 g/mol. The Morgan fingerprint density at radius 2 is 1.00 bits per heavy atom. The van der Waals surface area contributed by atoms with Crippen LogP contribution in [0, 0.1) is 0 Å². The van der Waals surface area contributed by atoms with E-state index in [1.54, 1.807) is 14.2 Å². The first kappa shape index (κ1) is 21.4. The maximum atomic E-state index is 6.09. The zero-order valence-corrected chi connectivity index (χ0v) is 18.6. The van der Waals surface area contributed by atoms with Gasteiger partial charge in [-0.3, -0.25) is 0 Å². The van der Waals surface area contributed by atoms with Gasteiger partial charge in [0.05, 0.1) is 0 Å². The van der Waals surface area contributed by atoms with Gasteiger partial charge in [-0.05, 0) is 0 Å². The SMILES string of the molecule is COCCOc1ccccc1[Se+](c1ccccc1)c1ccccc1OCCOC. The van der Waals surface area contributed by atoms with Crippen molar-refractivity contribution in [2.75, 3.05) is 40.6 Å². The Morgan fingerprint density at radius 1 is 0.552 bits per heavy atom. The molecule has 0 saturated heterocycles. The molecule has 0 N–H and O–H groups in total. The molecule has 0 unspecified atom stereocenters. The maximum absolute atomic E-state index is 6.09. The van der Waals surface area contributed by atoms with Crippen LogP contribution in [-0.4, -0.2) is 54.5 Å². The molecule has 0 atom stereocenters. The van der Waals surface area contributed by atoms with Gasteiger partial charge in [-0.15, -0.1) is 0 Å². The van der Waals surface area contributed by atoms with Crippen molar-refractivity contribution in [2.45, 2.75) is 0 Å². The van der Waals surface area contributed by atoms with E-state index < -0.39 is 13.9 Å². The van der Waals surface area contributed by atoms with Crippen molar-refractivity contribution >= 4 is 27.3 Å². The molecule has 29 heavy (non-hydrogen) atoms. The molecule has 0 aliphatic rings. The summed E-state index contributed by atoms with van der Waals surface area (Å²) in [7, 11) is 3.37. The molecule has 0 aliphatic heterocycles. The second kappa shape index (κ2) is 11.6. The van der Waals surface area contributed by atoms with Gasteiger partial charge in [-0.1, -0.05) is 0 Å². The average Bonchev–Trinajstić information content (AvgIpc) is 2.77. The molecule has 4 nitrogen and oxygen atoms in total. The van der Waals surface area contributed by atoms with Crippen molar-refractivity contribution in [2.24, 2.45) is 0 Å². The minimum atomic E-state index is -1.64. The third-order valence-electron chi connectivity index (χ3n) is 4.21. The summed E-state index contributed by atoms with van der Waals surface area (Å²) in [6, 6.07) is 27.2. The third kappa shape index (κ3) is 5.84. The van der Waals surface area contributed by atoms with Crippen molar-refractivity contribution in [3.63, 3.8) is 0 Å². The number of rotatable bonds is 11. The summed E-state index contributed by atoms with van der Waals surface area (Å²) in [5, 5.41) is 0. The summed E-state index contributed by atoms with van der Waals surface area (Å²) < 4.78 is 26.2. The molecule has 0 aromatic heterocycles. The summed E-state index contributed by atoms with van der Waals surface area (Å²) in [5.41, 5.74) is 0. The van der Waals surface area contributed by atoms with Gasteiger partial charge < -0.3 is 0 Å². The van der Waals surface area contributed by atoms with Crippen LogP contribution in [0.5, 0.6) is 11.5 Å². The minimum absolute atomic E-state index is 0.521. The molecule has 0 aliphatic carbocycles. The molecular formula is C24H27O4Se+. The molecule has 152 valence electrons. The van der Waals surface area contributed by atoms with E-state index in [9.17, 15) is 0 Å². The molecule has 0 radical (unpaired) electrons. The van der Waals surface area contributed by atoms with Gasteiger partial charge in [-0.2, -0.15) is 0 Å². The molecule has 0 bridgehead atoms. The van der Waals surface area contributed by atoms with Crippen molar-refractivity contribution in [3.05, 3.63) is 78.9 Å². The fourth-order valence-corrected chi connectivity index (χ4v) is 7.62. The van der Waals surface area contributed by atoms with E-state index in [4.69, 9.17) is 18.9 Å². The molecule has 0 amide bonds. The van der Waals surface area contributed by atoms with Crippen LogP contribution < -0.4 is 22.9 Å².